The molecule has 0 aliphatic carbocycles. The summed E-state index contributed by atoms with van der Waals surface area (Å²) in [5, 5.41) is 10.8. The molecule has 6 nitrogen and oxygen atoms in total. The zero-order valence-corrected chi connectivity index (χ0v) is 11.9. The summed E-state index contributed by atoms with van der Waals surface area (Å²) in [4.78, 5) is 12.1. The molecule has 0 fully saturated rings. The topological polar surface area (TPSA) is 72.4 Å². The molecule has 21 heavy (non-hydrogen) atoms. The van der Waals surface area contributed by atoms with E-state index in [1.165, 1.54) is 0 Å². The molecule has 0 unspecified atom stereocenters. The van der Waals surface area contributed by atoms with Crippen LogP contribution in [0, 0.1) is 0 Å². The quantitative estimate of drug-likeness (QED) is 0.798. The Balaban J connectivity index is 1.72. The van der Waals surface area contributed by atoms with Crippen molar-refractivity contribution in [2.24, 2.45) is 0 Å². The van der Waals surface area contributed by atoms with E-state index in [1.807, 2.05) is 38.2 Å². The molecule has 3 rings (SSSR count). The van der Waals surface area contributed by atoms with Crippen molar-refractivity contribution in [1.82, 2.24) is 20.1 Å². The van der Waals surface area contributed by atoms with E-state index in [0.717, 1.165) is 11.1 Å². The smallest absolute Gasteiger partial charge is 0.273 e. The third-order valence-corrected chi connectivity index (χ3v) is 3.29. The summed E-state index contributed by atoms with van der Waals surface area (Å²) in [6.07, 6.45) is 3.60. The lowest BCUT2D eigenvalue weighted by atomic mass is 10.1. The van der Waals surface area contributed by atoms with Gasteiger partial charge in [-0.2, -0.15) is 5.10 Å². The minimum atomic E-state index is -0.243. The summed E-state index contributed by atoms with van der Waals surface area (Å²) >= 11 is 0. The van der Waals surface area contributed by atoms with E-state index in [0.29, 0.717) is 18.0 Å². The van der Waals surface area contributed by atoms with E-state index >= 15 is 0 Å². The van der Waals surface area contributed by atoms with Crippen molar-refractivity contribution in [2.45, 2.75) is 26.3 Å². The van der Waals surface area contributed by atoms with Gasteiger partial charge in [-0.15, -0.1) is 0 Å². The molecule has 6 heteroatoms. The SMILES string of the molecule is CC(C)c1cc(C(=O)NCc2cccn3nccc23)no1. The number of amides is 1. The lowest BCUT2D eigenvalue weighted by Gasteiger charge is -2.05. The predicted octanol–water partition coefficient (Wildman–Crippen LogP) is 2.38. The number of nitrogens with one attached hydrogen (secondary N) is 1. The van der Waals surface area contributed by atoms with E-state index in [1.54, 1.807) is 16.8 Å². The number of carbonyl (C=O) groups excluding carboxylic acids is 1. The van der Waals surface area contributed by atoms with E-state index in [9.17, 15) is 4.79 Å². The highest BCUT2D eigenvalue weighted by Gasteiger charge is 2.14. The van der Waals surface area contributed by atoms with E-state index in [4.69, 9.17) is 4.52 Å². The van der Waals surface area contributed by atoms with Crippen LogP contribution in [0.5, 0.6) is 0 Å². The van der Waals surface area contributed by atoms with E-state index in [2.05, 4.69) is 15.6 Å². The van der Waals surface area contributed by atoms with Gasteiger partial charge in [0.15, 0.2) is 5.69 Å². The second kappa shape index (κ2) is 5.40. The molecule has 1 amide bonds. The Kier molecular flexibility index (Phi) is 3.43. The van der Waals surface area contributed by atoms with Gasteiger partial charge >= 0.3 is 0 Å². The highest BCUT2D eigenvalue weighted by molar-refractivity contribution is 5.92. The predicted molar refractivity (Wildman–Crippen MR) is 77.0 cm³/mol. The normalized spacial score (nSPS) is 11.2. The molecular weight excluding hydrogens is 268 g/mol. The first-order valence-corrected chi connectivity index (χ1v) is 6.81. The van der Waals surface area contributed by atoms with Crippen LogP contribution in [-0.4, -0.2) is 20.7 Å². The van der Waals surface area contributed by atoms with Gasteiger partial charge in [-0.25, -0.2) is 4.52 Å². The van der Waals surface area contributed by atoms with Gasteiger partial charge in [0.25, 0.3) is 5.91 Å². The van der Waals surface area contributed by atoms with Crippen molar-refractivity contribution < 1.29 is 9.32 Å². The standard InChI is InChI=1S/C15H16N4O2/c1-10(2)14-8-12(18-21-14)15(20)16-9-11-4-3-7-19-13(11)5-6-17-19/h3-8,10H,9H2,1-2H3,(H,16,20). The molecule has 108 valence electrons. The van der Waals surface area contributed by atoms with Crippen molar-refractivity contribution in [3.63, 3.8) is 0 Å². The first kappa shape index (κ1) is 13.4. The van der Waals surface area contributed by atoms with Crippen LogP contribution in [0.4, 0.5) is 0 Å². The molecule has 3 aromatic rings. The maximum atomic E-state index is 12.1. The van der Waals surface area contributed by atoms with E-state index in [-0.39, 0.29) is 11.8 Å². The van der Waals surface area contributed by atoms with Gasteiger partial charge in [-0.05, 0) is 17.7 Å². The monoisotopic (exact) mass is 284 g/mol. The minimum absolute atomic E-state index is 0.208. The van der Waals surface area contributed by atoms with Crippen LogP contribution in [0.25, 0.3) is 5.52 Å². The number of fused-ring (bicyclic) bond motifs is 1. The molecule has 0 saturated heterocycles. The number of hydrogen-bond donors (Lipinski definition) is 1. The molecule has 1 N–H and O–H groups in total. The van der Waals surface area contributed by atoms with Crippen molar-refractivity contribution in [3.05, 3.63) is 53.7 Å². The Hall–Kier alpha value is -2.63. The van der Waals surface area contributed by atoms with Gasteiger partial charge < -0.3 is 9.84 Å². The largest absolute Gasteiger partial charge is 0.360 e. The zero-order valence-electron chi connectivity index (χ0n) is 11.9. The third kappa shape index (κ3) is 2.65. The Morgan fingerprint density at radius 1 is 1.43 bits per heavy atom. The molecule has 0 spiro atoms. The average Bonchev–Trinajstić information content (AvgIpc) is 3.13. The van der Waals surface area contributed by atoms with E-state index < -0.39 is 0 Å². The van der Waals surface area contributed by atoms with Crippen molar-refractivity contribution in [3.8, 4) is 0 Å². The van der Waals surface area contributed by atoms with Crippen LogP contribution in [0.2, 0.25) is 0 Å². The summed E-state index contributed by atoms with van der Waals surface area (Å²) in [5.41, 5.74) is 2.27. The highest BCUT2D eigenvalue weighted by Crippen LogP contribution is 2.15. The Morgan fingerprint density at radius 2 is 2.29 bits per heavy atom. The number of pyridine rings is 1. The summed E-state index contributed by atoms with van der Waals surface area (Å²) in [6, 6.07) is 7.45. The molecule has 0 atom stereocenters. The molecule has 0 aliphatic heterocycles. The lowest BCUT2D eigenvalue weighted by molar-refractivity contribution is 0.0942. The first-order valence-electron chi connectivity index (χ1n) is 6.81. The van der Waals surface area contributed by atoms with Crippen LogP contribution in [-0.2, 0) is 6.54 Å². The van der Waals surface area contributed by atoms with Crippen molar-refractivity contribution in [2.75, 3.05) is 0 Å². The average molecular weight is 284 g/mol. The molecule has 0 aliphatic rings. The fraction of sp³-hybridized carbons (Fsp3) is 0.267. The molecule has 0 saturated carbocycles. The van der Waals surface area contributed by atoms with Crippen molar-refractivity contribution in [1.29, 1.82) is 0 Å². The maximum absolute atomic E-state index is 12.1. The summed E-state index contributed by atoms with van der Waals surface area (Å²) in [5.74, 6) is 0.671. The van der Waals surface area contributed by atoms with Crippen LogP contribution in [0.15, 0.2) is 41.2 Å². The second-order valence-corrected chi connectivity index (χ2v) is 5.15. The van der Waals surface area contributed by atoms with Gasteiger partial charge in [0.05, 0.1) is 5.52 Å². The van der Waals surface area contributed by atoms with Crippen LogP contribution in [0.3, 0.4) is 0 Å². The van der Waals surface area contributed by atoms with Gasteiger partial charge in [0.1, 0.15) is 5.76 Å². The Bertz CT molecular complexity index is 773. The zero-order chi connectivity index (χ0) is 14.8. The number of aromatic nitrogens is 3. The number of nitrogens with zero attached hydrogens (tertiary/aromatic N) is 3. The molecular formula is C15H16N4O2. The summed E-state index contributed by atoms with van der Waals surface area (Å²) in [7, 11) is 0. The van der Waals surface area contributed by atoms with Crippen molar-refractivity contribution >= 4 is 11.4 Å². The molecule has 3 heterocycles. The van der Waals surface area contributed by atoms with Crippen LogP contribution >= 0.6 is 0 Å². The summed E-state index contributed by atoms with van der Waals surface area (Å²) in [6.45, 7) is 4.39. The third-order valence-electron chi connectivity index (χ3n) is 3.29. The van der Waals surface area contributed by atoms with Gasteiger partial charge in [-0.3, -0.25) is 4.79 Å². The molecule has 0 bridgehead atoms. The fourth-order valence-corrected chi connectivity index (χ4v) is 2.10. The highest BCUT2D eigenvalue weighted by atomic mass is 16.5. The van der Waals surface area contributed by atoms with Crippen LogP contribution < -0.4 is 5.32 Å². The molecule has 0 aromatic carbocycles. The second-order valence-electron chi connectivity index (χ2n) is 5.15. The number of carbonyl (C=O) groups is 1. The van der Waals surface area contributed by atoms with Gasteiger partial charge in [0, 0.05) is 30.9 Å². The van der Waals surface area contributed by atoms with Gasteiger partial charge in [0.2, 0.25) is 0 Å². The molecule has 3 aromatic heterocycles. The number of hydrogen-bond acceptors (Lipinski definition) is 4. The van der Waals surface area contributed by atoms with Gasteiger partial charge in [-0.1, -0.05) is 25.1 Å². The first-order chi connectivity index (χ1) is 10.1. The minimum Gasteiger partial charge on any atom is -0.360 e. The number of rotatable bonds is 4. The van der Waals surface area contributed by atoms with Crippen LogP contribution in [0.1, 0.15) is 41.6 Å². The lowest BCUT2D eigenvalue weighted by Crippen LogP contribution is -2.23. The Morgan fingerprint density at radius 3 is 3.05 bits per heavy atom. The summed E-state index contributed by atoms with van der Waals surface area (Å²) < 4.78 is 6.90. The molecule has 0 radical (unpaired) electrons. The fourth-order valence-electron chi connectivity index (χ4n) is 2.10. The maximum Gasteiger partial charge on any atom is 0.273 e. The Labute approximate surface area is 121 Å².